The average Bonchev–Trinajstić information content (AvgIpc) is 3.20. The fourth-order valence-electron chi connectivity index (χ4n) is 2.74. The third-order valence-corrected chi connectivity index (χ3v) is 6.43. The lowest BCUT2D eigenvalue weighted by molar-refractivity contribution is -0.121. The Hall–Kier alpha value is -3.51. The van der Waals surface area contributed by atoms with E-state index in [9.17, 15) is 18.0 Å². The second-order valence-corrected chi connectivity index (χ2v) is 9.44. The van der Waals surface area contributed by atoms with Crippen LogP contribution in [-0.4, -0.2) is 67.1 Å². The summed E-state index contributed by atoms with van der Waals surface area (Å²) < 4.78 is 30.9. The quantitative estimate of drug-likeness (QED) is 0.346. The molecule has 0 aliphatic rings. The van der Waals surface area contributed by atoms with Crippen LogP contribution in [0.5, 0.6) is 0 Å². The van der Waals surface area contributed by atoms with Crippen LogP contribution in [0.2, 0.25) is 0 Å². The molecule has 176 valence electrons. The first-order valence-electron chi connectivity index (χ1n) is 10.2. The number of anilines is 1. The first-order valence-corrected chi connectivity index (χ1v) is 11.6. The Bertz CT molecular complexity index is 1240. The lowest BCUT2D eigenvalue weighted by Gasteiger charge is -2.11. The van der Waals surface area contributed by atoms with Crippen LogP contribution in [0.1, 0.15) is 30.1 Å². The lowest BCUT2D eigenvalue weighted by atomic mass is 10.2. The summed E-state index contributed by atoms with van der Waals surface area (Å²) in [6.07, 6.45) is 1.73. The molecule has 0 saturated carbocycles. The summed E-state index contributed by atoms with van der Waals surface area (Å²) in [6.45, 7) is 1.97. The SMILES string of the molecule is CCCCOC(=O)c1ccc(NC(=O)COn2nnc3ccc(S(=O)(=O)N(C)C)cc32)cc1. The molecular weight excluding hydrogens is 450 g/mol. The summed E-state index contributed by atoms with van der Waals surface area (Å²) in [7, 11) is -0.798. The van der Waals surface area contributed by atoms with Crippen molar-refractivity contribution in [2.75, 3.05) is 32.6 Å². The predicted molar refractivity (Wildman–Crippen MR) is 120 cm³/mol. The zero-order valence-electron chi connectivity index (χ0n) is 18.5. The number of aromatic nitrogens is 3. The molecule has 0 saturated heterocycles. The van der Waals surface area contributed by atoms with Crippen molar-refractivity contribution in [3.63, 3.8) is 0 Å². The second kappa shape index (κ2) is 10.4. The van der Waals surface area contributed by atoms with Gasteiger partial charge in [0.1, 0.15) is 11.0 Å². The van der Waals surface area contributed by atoms with Crippen molar-refractivity contribution < 1.29 is 27.6 Å². The number of ether oxygens (including phenoxy) is 1. The van der Waals surface area contributed by atoms with Gasteiger partial charge in [-0.1, -0.05) is 18.2 Å². The van der Waals surface area contributed by atoms with Crippen LogP contribution in [0.3, 0.4) is 0 Å². The van der Waals surface area contributed by atoms with Gasteiger partial charge in [0, 0.05) is 19.8 Å². The molecule has 11 nitrogen and oxygen atoms in total. The van der Waals surface area contributed by atoms with Crippen molar-refractivity contribution in [3.05, 3.63) is 48.0 Å². The topological polar surface area (TPSA) is 133 Å². The van der Waals surface area contributed by atoms with E-state index in [1.165, 1.54) is 32.3 Å². The Balaban J connectivity index is 1.61. The van der Waals surface area contributed by atoms with E-state index in [1.807, 2.05) is 6.92 Å². The van der Waals surface area contributed by atoms with Gasteiger partial charge in [-0.05, 0) is 54.1 Å². The highest BCUT2D eigenvalue weighted by Gasteiger charge is 2.19. The summed E-state index contributed by atoms with van der Waals surface area (Å²) in [5.74, 6) is -0.896. The Morgan fingerprint density at radius 3 is 2.52 bits per heavy atom. The summed E-state index contributed by atoms with van der Waals surface area (Å²) in [6, 6.07) is 10.6. The van der Waals surface area contributed by atoms with E-state index in [0.717, 1.165) is 22.0 Å². The fourth-order valence-corrected chi connectivity index (χ4v) is 3.67. The van der Waals surface area contributed by atoms with Gasteiger partial charge in [0.25, 0.3) is 5.91 Å². The molecular formula is C21H25N5O6S. The first kappa shape index (κ1) is 24.1. The van der Waals surface area contributed by atoms with E-state index < -0.39 is 28.5 Å². The van der Waals surface area contributed by atoms with Crippen LogP contribution >= 0.6 is 0 Å². The summed E-state index contributed by atoms with van der Waals surface area (Å²) in [5, 5.41) is 10.4. The van der Waals surface area contributed by atoms with Crippen LogP contribution in [0, 0.1) is 0 Å². The minimum atomic E-state index is -3.65. The van der Waals surface area contributed by atoms with Gasteiger partial charge >= 0.3 is 5.97 Å². The zero-order valence-corrected chi connectivity index (χ0v) is 19.3. The summed E-state index contributed by atoms with van der Waals surface area (Å²) >= 11 is 0. The number of nitrogens with one attached hydrogen (secondary N) is 1. The van der Waals surface area contributed by atoms with Gasteiger partial charge < -0.3 is 14.9 Å². The zero-order chi connectivity index (χ0) is 24.0. The number of sulfonamides is 1. The number of rotatable bonds is 10. The largest absolute Gasteiger partial charge is 0.462 e. The molecule has 1 amide bonds. The molecule has 0 bridgehead atoms. The van der Waals surface area contributed by atoms with Crippen LogP contribution < -0.4 is 10.2 Å². The molecule has 0 radical (unpaired) electrons. The van der Waals surface area contributed by atoms with E-state index >= 15 is 0 Å². The minimum Gasteiger partial charge on any atom is -0.462 e. The molecule has 0 spiro atoms. The predicted octanol–water partition coefficient (Wildman–Crippen LogP) is 1.71. The molecule has 0 atom stereocenters. The van der Waals surface area contributed by atoms with E-state index in [4.69, 9.17) is 9.57 Å². The molecule has 12 heteroatoms. The molecule has 33 heavy (non-hydrogen) atoms. The number of hydrogen-bond acceptors (Lipinski definition) is 8. The molecule has 3 rings (SSSR count). The van der Waals surface area contributed by atoms with Crippen LogP contribution in [0.15, 0.2) is 47.4 Å². The van der Waals surface area contributed by atoms with Gasteiger partial charge in [-0.25, -0.2) is 17.5 Å². The average molecular weight is 476 g/mol. The Morgan fingerprint density at radius 1 is 1.12 bits per heavy atom. The molecule has 1 N–H and O–H groups in total. The minimum absolute atomic E-state index is 0.0462. The number of amides is 1. The number of carbonyl (C=O) groups excluding carboxylic acids is 2. The van der Waals surface area contributed by atoms with Crippen molar-refractivity contribution in [2.24, 2.45) is 0 Å². The van der Waals surface area contributed by atoms with Crippen LogP contribution in [0.4, 0.5) is 5.69 Å². The monoisotopic (exact) mass is 475 g/mol. The van der Waals surface area contributed by atoms with Crippen LogP contribution in [-0.2, 0) is 19.6 Å². The molecule has 1 aromatic heterocycles. The number of hydrogen-bond donors (Lipinski definition) is 1. The van der Waals surface area contributed by atoms with Gasteiger partial charge in [-0.15, -0.1) is 5.10 Å². The summed E-state index contributed by atoms with van der Waals surface area (Å²) in [4.78, 5) is 30.6. The Kier molecular flexibility index (Phi) is 7.61. The molecule has 3 aromatic rings. The summed E-state index contributed by atoms with van der Waals surface area (Å²) in [5.41, 5.74) is 1.57. The normalized spacial score (nSPS) is 11.5. The highest BCUT2D eigenvalue weighted by Crippen LogP contribution is 2.19. The van der Waals surface area contributed by atoms with Crippen LogP contribution in [0.25, 0.3) is 11.0 Å². The first-order chi connectivity index (χ1) is 15.7. The van der Waals surface area contributed by atoms with Gasteiger partial charge in [0.15, 0.2) is 6.61 Å². The van der Waals surface area contributed by atoms with Gasteiger partial charge in [0.2, 0.25) is 10.0 Å². The van der Waals surface area contributed by atoms with Gasteiger partial charge in [-0.3, -0.25) is 4.79 Å². The van der Waals surface area contributed by atoms with Crippen molar-refractivity contribution in [3.8, 4) is 0 Å². The maximum absolute atomic E-state index is 12.4. The molecule has 0 fully saturated rings. The maximum atomic E-state index is 12.4. The molecule has 0 aliphatic carbocycles. The third kappa shape index (κ3) is 5.84. The van der Waals surface area contributed by atoms with Gasteiger partial charge in [0.05, 0.1) is 17.1 Å². The number of nitrogens with zero attached hydrogens (tertiary/aromatic N) is 4. The lowest BCUT2D eigenvalue weighted by Crippen LogP contribution is -2.26. The number of esters is 1. The number of unbranched alkanes of at least 4 members (excludes halogenated alkanes) is 1. The molecule has 0 aliphatic heterocycles. The number of fused-ring (bicyclic) bond motifs is 1. The number of benzene rings is 2. The smallest absolute Gasteiger partial charge is 0.338 e. The van der Waals surface area contributed by atoms with Crippen molar-refractivity contribution >= 4 is 38.6 Å². The highest BCUT2D eigenvalue weighted by molar-refractivity contribution is 7.89. The van der Waals surface area contributed by atoms with E-state index in [1.54, 1.807) is 24.3 Å². The third-order valence-electron chi connectivity index (χ3n) is 4.62. The van der Waals surface area contributed by atoms with E-state index in [0.29, 0.717) is 28.9 Å². The molecule has 0 unspecified atom stereocenters. The standard InChI is InChI=1S/C21H25N5O6S/c1-4-5-12-31-21(28)15-6-8-16(9-7-15)22-20(27)14-32-26-19-13-17(33(29,30)25(2)3)10-11-18(19)23-24-26/h6-11,13H,4-5,12,14H2,1-3H3,(H,22,27). The Labute approximate surface area is 191 Å². The molecule has 1 heterocycles. The maximum Gasteiger partial charge on any atom is 0.338 e. The van der Waals surface area contributed by atoms with Crippen molar-refractivity contribution in [1.82, 2.24) is 19.5 Å². The highest BCUT2D eigenvalue weighted by atomic mass is 32.2. The van der Waals surface area contributed by atoms with E-state index in [-0.39, 0.29) is 4.90 Å². The van der Waals surface area contributed by atoms with Crippen molar-refractivity contribution in [1.29, 1.82) is 0 Å². The van der Waals surface area contributed by atoms with Gasteiger partial charge in [-0.2, -0.15) is 0 Å². The van der Waals surface area contributed by atoms with E-state index in [2.05, 4.69) is 15.6 Å². The number of carbonyl (C=O) groups is 2. The van der Waals surface area contributed by atoms with Crippen molar-refractivity contribution in [2.45, 2.75) is 24.7 Å². The Morgan fingerprint density at radius 2 is 1.85 bits per heavy atom. The molecule has 2 aromatic carbocycles. The second-order valence-electron chi connectivity index (χ2n) is 7.29. The fraction of sp³-hybridized carbons (Fsp3) is 0.333.